The Balaban J connectivity index is 1.54. The Kier molecular flexibility index (Phi) is 8.38. The molecule has 170 valence electrons. The number of hydrogen-bond donors (Lipinski definition) is 2. The van der Waals surface area contributed by atoms with Gasteiger partial charge in [0.2, 0.25) is 11.9 Å². The maximum absolute atomic E-state index is 12.8. The van der Waals surface area contributed by atoms with Gasteiger partial charge in [-0.25, -0.2) is 0 Å². The van der Waals surface area contributed by atoms with Crippen LogP contribution in [0, 0.1) is 0 Å². The van der Waals surface area contributed by atoms with Crippen LogP contribution in [0.3, 0.4) is 0 Å². The number of anilines is 1. The molecule has 32 heavy (non-hydrogen) atoms. The molecule has 0 aliphatic rings. The second-order valence-corrected chi connectivity index (χ2v) is 8.26. The van der Waals surface area contributed by atoms with E-state index in [1.807, 2.05) is 36.4 Å². The van der Waals surface area contributed by atoms with Crippen LogP contribution in [0.25, 0.3) is 0 Å². The van der Waals surface area contributed by atoms with Crippen molar-refractivity contribution in [1.29, 1.82) is 0 Å². The number of carbonyl (C=O) groups excluding carboxylic acids is 1. The number of carbonyl (C=O) groups is 1. The summed E-state index contributed by atoms with van der Waals surface area (Å²) < 4.78 is 12.3. The van der Waals surface area contributed by atoms with Gasteiger partial charge in [-0.15, -0.1) is 10.2 Å². The van der Waals surface area contributed by atoms with Gasteiger partial charge in [-0.2, -0.15) is 0 Å². The van der Waals surface area contributed by atoms with Gasteiger partial charge >= 0.3 is 0 Å². The highest BCUT2D eigenvalue weighted by Gasteiger charge is 2.22. The highest BCUT2D eigenvalue weighted by atomic mass is 32.2. The van der Waals surface area contributed by atoms with Gasteiger partial charge in [0.05, 0.1) is 14.2 Å². The first kappa shape index (κ1) is 23.5. The Morgan fingerprint density at radius 1 is 1.06 bits per heavy atom. The van der Waals surface area contributed by atoms with Gasteiger partial charge in [0.15, 0.2) is 16.7 Å². The molecule has 3 rings (SSSR count). The summed E-state index contributed by atoms with van der Waals surface area (Å²) in [5.74, 6) is 2.25. The molecule has 1 amide bonds. The number of hydrogen-bond acceptors (Lipinski definition) is 7. The molecule has 0 radical (unpaired) electrons. The quantitative estimate of drug-likeness (QED) is 0.428. The molecule has 8 nitrogen and oxygen atoms in total. The first-order chi connectivity index (χ1) is 15.5. The summed E-state index contributed by atoms with van der Waals surface area (Å²) in [5, 5.41) is 11.7. The summed E-state index contributed by atoms with van der Waals surface area (Å²) >= 11 is 1.54. The van der Waals surface area contributed by atoms with Crippen LogP contribution in [-0.2, 0) is 17.6 Å². The standard InChI is InChI=1S/C23H29N5O3S/c1-16(21(29)25-13-11-18-9-10-19(30-2)20(15-18)31-3)28-22(24)26-27-23(28)32-14-12-17-7-5-4-6-8-17/h4-10,15-16H,11-14H2,1-3H3,(H2,24,26)(H,25,29). The van der Waals surface area contributed by atoms with Crippen LogP contribution in [0.4, 0.5) is 5.95 Å². The molecule has 0 bridgehead atoms. The fourth-order valence-electron chi connectivity index (χ4n) is 3.29. The van der Waals surface area contributed by atoms with Gasteiger partial charge in [0.25, 0.3) is 0 Å². The van der Waals surface area contributed by atoms with E-state index in [4.69, 9.17) is 15.2 Å². The van der Waals surface area contributed by atoms with Crippen LogP contribution in [0.5, 0.6) is 11.5 Å². The Morgan fingerprint density at radius 3 is 2.53 bits per heavy atom. The zero-order valence-electron chi connectivity index (χ0n) is 18.6. The predicted molar refractivity (Wildman–Crippen MR) is 126 cm³/mol. The smallest absolute Gasteiger partial charge is 0.243 e. The number of thioether (sulfide) groups is 1. The fourth-order valence-corrected chi connectivity index (χ4v) is 4.30. The average molecular weight is 456 g/mol. The van der Waals surface area contributed by atoms with Crippen molar-refractivity contribution in [2.24, 2.45) is 0 Å². The number of nitrogens with zero attached hydrogens (tertiary/aromatic N) is 3. The molecule has 0 saturated carbocycles. The molecular weight excluding hydrogens is 426 g/mol. The van der Waals surface area contributed by atoms with Gasteiger partial charge in [-0.3, -0.25) is 9.36 Å². The van der Waals surface area contributed by atoms with Crippen LogP contribution < -0.4 is 20.5 Å². The maximum Gasteiger partial charge on any atom is 0.243 e. The van der Waals surface area contributed by atoms with Crippen molar-refractivity contribution < 1.29 is 14.3 Å². The van der Waals surface area contributed by atoms with E-state index >= 15 is 0 Å². The number of nitrogen functional groups attached to an aromatic ring is 1. The number of benzene rings is 2. The van der Waals surface area contributed by atoms with Crippen LogP contribution in [0.15, 0.2) is 53.7 Å². The maximum atomic E-state index is 12.8. The number of methoxy groups -OCH3 is 2. The molecule has 0 aliphatic carbocycles. The lowest BCUT2D eigenvalue weighted by molar-refractivity contribution is -0.123. The van der Waals surface area contributed by atoms with E-state index in [0.717, 1.165) is 17.7 Å². The van der Waals surface area contributed by atoms with Crippen molar-refractivity contribution in [2.45, 2.75) is 31.0 Å². The zero-order chi connectivity index (χ0) is 22.9. The lowest BCUT2D eigenvalue weighted by Gasteiger charge is -2.16. The number of aromatic nitrogens is 3. The van der Waals surface area contributed by atoms with E-state index in [-0.39, 0.29) is 11.9 Å². The molecule has 0 aliphatic heterocycles. The van der Waals surface area contributed by atoms with Crippen molar-refractivity contribution in [3.63, 3.8) is 0 Å². The highest BCUT2D eigenvalue weighted by molar-refractivity contribution is 7.99. The Morgan fingerprint density at radius 2 is 1.81 bits per heavy atom. The minimum absolute atomic E-state index is 0.137. The third kappa shape index (κ3) is 5.94. The van der Waals surface area contributed by atoms with Crippen molar-refractivity contribution in [3.05, 3.63) is 59.7 Å². The number of rotatable bonds is 11. The molecular formula is C23H29N5O3S. The van der Waals surface area contributed by atoms with Crippen LogP contribution in [0.2, 0.25) is 0 Å². The number of nitrogens with one attached hydrogen (secondary N) is 1. The largest absolute Gasteiger partial charge is 0.493 e. The van der Waals surface area contributed by atoms with E-state index in [1.165, 1.54) is 5.56 Å². The molecule has 0 spiro atoms. The molecule has 1 unspecified atom stereocenters. The van der Waals surface area contributed by atoms with E-state index in [9.17, 15) is 4.79 Å². The summed E-state index contributed by atoms with van der Waals surface area (Å²) in [6.45, 7) is 2.28. The Bertz CT molecular complexity index is 1030. The number of aryl methyl sites for hydroxylation is 1. The van der Waals surface area contributed by atoms with E-state index in [2.05, 4.69) is 27.6 Å². The fraction of sp³-hybridized carbons (Fsp3) is 0.348. The summed E-state index contributed by atoms with van der Waals surface area (Å²) in [6, 6.07) is 15.4. The first-order valence-electron chi connectivity index (χ1n) is 10.4. The van der Waals surface area contributed by atoms with E-state index < -0.39 is 6.04 Å². The molecule has 3 aromatic rings. The molecule has 1 atom stereocenters. The summed E-state index contributed by atoms with van der Waals surface area (Å²) in [4.78, 5) is 12.8. The van der Waals surface area contributed by atoms with Gasteiger partial charge in [-0.05, 0) is 43.0 Å². The van der Waals surface area contributed by atoms with Crippen molar-refractivity contribution in [1.82, 2.24) is 20.1 Å². The molecule has 0 fully saturated rings. The monoisotopic (exact) mass is 455 g/mol. The normalized spacial score (nSPS) is 11.7. The Hall–Kier alpha value is -3.20. The minimum Gasteiger partial charge on any atom is -0.493 e. The predicted octanol–water partition coefficient (Wildman–Crippen LogP) is 3.13. The second kappa shape index (κ2) is 11.4. The molecule has 0 saturated heterocycles. The number of amides is 1. The number of ether oxygens (including phenoxy) is 2. The van der Waals surface area contributed by atoms with Gasteiger partial charge < -0.3 is 20.5 Å². The van der Waals surface area contributed by atoms with Gasteiger partial charge in [-0.1, -0.05) is 48.2 Å². The highest BCUT2D eigenvalue weighted by Crippen LogP contribution is 2.28. The van der Waals surface area contributed by atoms with Crippen molar-refractivity contribution in [3.8, 4) is 11.5 Å². The van der Waals surface area contributed by atoms with E-state index in [1.54, 1.807) is 37.5 Å². The molecule has 1 heterocycles. The molecule has 1 aromatic heterocycles. The average Bonchev–Trinajstić information content (AvgIpc) is 3.19. The van der Waals surface area contributed by atoms with E-state index in [0.29, 0.717) is 29.6 Å². The molecule has 9 heteroatoms. The first-order valence-corrected chi connectivity index (χ1v) is 11.4. The minimum atomic E-state index is -0.519. The molecule has 2 aromatic carbocycles. The Labute approximate surface area is 192 Å². The third-order valence-corrected chi connectivity index (χ3v) is 6.03. The third-order valence-electron chi connectivity index (χ3n) is 5.08. The number of nitrogens with two attached hydrogens (primary N) is 1. The van der Waals surface area contributed by atoms with Crippen molar-refractivity contribution in [2.75, 3.05) is 32.3 Å². The van der Waals surface area contributed by atoms with Gasteiger partial charge in [0.1, 0.15) is 6.04 Å². The van der Waals surface area contributed by atoms with Crippen LogP contribution >= 0.6 is 11.8 Å². The zero-order valence-corrected chi connectivity index (χ0v) is 19.4. The summed E-state index contributed by atoms with van der Waals surface area (Å²) in [5.41, 5.74) is 8.30. The lowest BCUT2D eigenvalue weighted by Crippen LogP contribution is -2.33. The second-order valence-electron chi connectivity index (χ2n) is 7.20. The van der Waals surface area contributed by atoms with Crippen LogP contribution in [0.1, 0.15) is 24.1 Å². The SMILES string of the molecule is COc1ccc(CCNC(=O)C(C)n2c(N)nnc2SCCc2ccccc2)cc1OC. The van der Waals surface area contributed by atoms with Crippen LogP contribution in [-0.4, -0.2) is 47.2 Å². The lowest BCUT2D eigenvalue weighted by atomic mass is 10.1. The molecule has 3 N–H and O–H groups in total. The van der Waals surface area contributed by atoms with Crippen molar-refractivity contribution >= 4 is 23.6 Å². The summed E-state index contributed by atoms with van der Waals surface area (Å²) in [6.07, 6.45) is 1.55. The summed E-state index contributed by atoms with van der Waals surface area (Å²) in [7, 11) is 3.20. The topological polar surface area (TPSA) is 104 Å². The van der Waals surface area contributed by atoms with Gasteiger partial charge in [0, 0.05) is 12.3 Å².